The second kappa shape index (κ2) is 3.33. The van der Waals surface area contributed by atoms with E-state index in [4.69, 9.17) is 0 Å². The Kier molecular flexibility index (Phi) is 2.59. The van der Waals surface area contributed by atoms with Crippen LogP contribution in [0.25, 0.3) is 0 Å². The number of halogens is 3. The lowest BCUT2D eigenvalue weighted by Crippen LogP contribution is -2.21. The molecular formula is C7H8F3N2. The molecule has 0 aromatic heterocycles. The van der Waals surface area contributed by atoms with Crippen LogP contribution in [-0.4, -0.2) is 30.0 Å². The normalized spacial score (nSPS) is 23.7. The summed E-state index contributed by atoms with van der Waals surface area (Å²) in [6.45, 7) is 4.88. The van der Waals surface area contributed by atoms with Crippen molar-refractivity contribution in [3.05, 3.63) is 6.54 Å². The Morgan fingerprint density at radius 3 is 2.58 bits per heavy atom. The SMILES string of the molecule is CCN1[C]C(CC(F)(F)F)N=[C]1. The highest BCUT2D eigenvalue weighted by Gasteiger charge is 2.34. The fourth-order valence-corrected chi connectivity index (χ4v) is 0.850. The first kappa shape index (κ1) is 9.35. The second-order valence-electron chi connectivity index (χ2n) is 2.44. The molecule has 3 radical (unpaired) electrons. The zero-order valence-corrected chi connectivity index (χ0v) is 6.52. The van der Waals surface area contributed by atoms with Gasteiger partial charge in [-0.1, -0.05) is 0 Å². The lowest BCUT2D eigenvalue weighted by atomic mass is 10.2. The quantitative estimate of drug-likeness (QED) is 0.625. The summed E-state index contributed by atoms with van der Waals surface area (Å²) in [7, 11) is 0. The Bertz CT molecular complexity index is 176. The van der Waals surface area contributed by atoms with Crippen molar-refractivity contribution in [2.75, 3.05) is 6.54 Å². The summed E-state index contributed by atoms with van der Waals surface area (Å²) < 4.78 is 35.4. The molecule has 0 saturated heterocycles. The number of nitrogens with zero attached hydrogens (tertiary/aromatic N) is 2. The summed E-state index contributed by atoms with van der Waals surface area (Å²) in [5.41, 5.74) is 0. The maximum absolute atomic E-state index is 11.8. The van der Waals surface area contributed by atoms with E-state index in [2.05, 4.69) is 17.9 Å². The van der Waals surface area contributed by atoms with Crippen molar-refractivity contribution in [3.63, 3.8) is 0 Å². The minimum atomic E-state index is -4.17. The molecule has 1 atom stereocenters. The van der Waals surface area contributed by atoms with E-state index in [1.165, 1.54) is 4.90 Å². The Labute approximate surface area is 69.1 Å². The van der Waals surface area contributed by atoms with Gasteiger partial charge >= 0.3 is 6.18 Å². The molecule has 1 rings (SSSR count). The van der Waals surface area contributed by atoms with Crippen molar-refractivity contribution in [2.45, 2.75) is 25.6 Å². The minimum absolute atomic E-state index is 0.553. The van der Waals surface area contributed by atoms with Crippen LogP contribution < -0.4 is 0 Å². The lowest BCUT2D eigenvalue weighted by molar-refractivity contribution is -0.136. The van der Waals surface area contributed by atoms with Gasteiger partial charge in [0.1, 0.15) is 6.54 Å². The van der Waals surface area contributed by atoms with Crippen LogP contribution in [0.2, 0.25) is 0 Å². The maximum Gasteiger partial charge on any atom is 0.391 e. The first-order valence-corrected chi connectivity index (χ1v) is 3.57. The van der Waals surface area contributed by atoms with Crippen molar-refractivity contribution < 1.29 is 13.2 Å². The monoisotopic (exact) mass is 177 g/mol. The number of likely N-dealkylation sites (N-methyl/N-ethyl adjacent to an activating group) is 1. The van der Waals surface area contributed by atoms with Gasteiger partial charge in [-0.2, -0.15) is 13.2 Å². The molecule has 0 aromatic carbocycles. The van der Waals surface area contributed by atoms with Crippen LogP contribution in [0.5, 0.6) is 0 Å². The Morgan fingerprint density at radius 2 is 2.17 bits per heavy atom. The average molecular weight is 177 g/mol. The highest BCUT2D eigenvalue weighted by molar-refractivity contribution is 5.59. The molecule has 0 fully saturated rings. The number of rotatable bonds is 2. The summed E-state index contributed by atoms with van der Waals surface area (Å²) >= 11 is 0. The van der Waals surface area contributed by atoms with Crippen LogP contribution in [0, 0.1) is 6.54 Å². The van der Waals surface area contributed by atoms with E-state index >= 15 is 0 Å². The van der Waals surface area contributed by atoms with E-state index in [1.54, 1.807) is 6.92 Å². The smallest absolute Gasteiger partial charge is 0.341 e. The van der Waals surface area contributed by atoms with E-state index in [-0.39, 0.29) is 0 Å². The molecule has 67 valence electrons. The molecule has 0 amide bonds. The molecule has 1 aliphatic rings. The standard InChI is InChI=1S/C7H8F3N2/c1-2-12-4-6(11-5-12)3-7(8,9)10/h6H,2-3H2,1H3. The predicted octanol–water partition coefficient (Wildman–Crippen LogP) is 1.59. The molecule has 1 heterocycles. The van der Waals surface area contributed by atoms with Crippen molar-refractivity contribution >= 4 is 6.34 Å². The summed E-state index contributed by atoms with van der Waals surface area (Å²) in [5.74, 6) is 0. The molecule has 0 aromatic rings. The zero-order valence-electron chi connectivity index (χ0n) is 6.52. The van der Waals surface area contributed by atoms with Gasteiger partial charge in [0, 0.05) is 6.54 Å². The van der Waals surface area contributed by atoms with Gasteiger partial charge in [-0.3, -0.25) is 4.99 Å². The van der Waals surface area contributed by atoms with Crippen LogP contribution in [0.4, 0.5) is 13.2 Å². The third-order valence-electron chi connectivity index (χ3n) is 1.38. The molecule has 0 bridgehead atoms. The van der Waals surface area contributed by atoms with E-state index < -0.39 is 18.6 Å². The van der Waals surface area contributed by atoms with Gasteiger partial charge < -0.3 is 4.90 Å². The molecule has 2 nitrogen and oxygen atoms in total. The first-order valence-electron chi connectivity index (χ1n) is 3.57. The van der Waals surface area contributed by atoms with Gasteiger partial charge in [-0.25, -0.2) is 0 Å². The molecule has 0 saturated carbocycles. The molecule has 0 aliphatic carbocycles. The second-order valence-corrected chi connectivity index (χ2v) is 2.44. The third kappa shape index (κ3) is 2.71. The predicted molar refractivity (Wildman–Crippen MR) is 37.5 cm³/mol. The van der Waals surface area contributed by atoms with E-state index in [0.29, 0.717) is 6.54 Å². The van der Waals surface area contributed by atoms with Gasteiger partial charge in [0.2, 0.25) is 0 Å². The van der Waals surface area contributed by atoms with Crippen molar-refractivity contribution in [1.29, 1.82) is 0 Å². The fraction of sp³-hybridized carbons (Fsp3) is 0.714. The summed E-state index contributed by atoms with van der Waals surface area (Å²) in [6, 6.07) is -0.898. The van der Waals surface area contributed by atoms with Gasteiger partial charge in [0.15, 0.2) is 6.34 Å². The summed E-state index contributed by atoms with van der Waals surface area (Å²) in [5, 5.41) is 0. The van der Waals surface area contributed by atoms with E-state index in [0.717, 1.165) is 0 Å². The summed E-state index contributed by atoms with van der Waals surface area (Å²) in [6.07, 6.45) is -2.70. The molecule has 0 spiro atoms. The number of hydrogen-bond donors (Lipinski definition) is 0. The van der Waals surface area contributed by atoms with E-state index in [1.807, 2.05) is 0 Å². The van der Waals surface area contributed by atoms with Crippen LogP contribution in [-0.2, 0) is 0 Å². The topological polar surface area (TPSA) is 15.6 Å². The van der Waals surface area contributed by atoms with Crippen LogP contribution in [0.1, 0.15) is 13.3 Å². The molecule has 0 N–H and O–H groups in total. The van der Waals surface area contributed by atoms with Crippen LogP contribution in [0.15, 0.2) is 4.99 Å². The Balaban J connectivity index is 2.34. The van der Waals surface area contributed by atoms with Gasteiger partial charge in [-0.15, -0.1) is 0 Å². The largest absolute Gasteiger partial charge is 0.391 e. The Morgan fingerprint density at radius 1 is 1.50 bits per heavy atom. The highest BCUT2D eigenvalue weighted by atomic mass is 19.4. The lowest BCUT2D eigenvalue weighted by Gasteiger charge is -2.12. The van der Waals surface area contributed by atoms with Crippen LogP contribution in [0.3, 0.4) is 0 Å². The molecular weight excluding hydrogens is 169 g/mol. The average Bonchev–Trinajstić information content (AvgIpc) is 2.32. The molecule has 1 unspecified atom stereocenters. The molecule has 5 heteroatoms. The minimum Gasteiger partial charge on any atom is -0.341 e. The zero-order chi connectivity index (χ0) is 9.19. The fourth-order valence-electron chi connectivity index (χ4n) is 0.850. The van der Waals surface area contributed by atoms with Crippen molar-refractivity contribution in [1.82, 2.24) is 4.90 Å². The van der Waals surface area contributed by atoms with Gasteiger partial charge in [0.05, 0.1) is 12.5 Å². The summed E-state index contributed by atoms with van der Waals surface area (Å²) in [4.78, 5) is 4.92. The molecule has 12 heavy (non-hydrogen) atoms. The first-order chi connectivity index (χ1) is 5.51. The van der Waals surface area contributed by atoms with Crippen LogP contribution >= 0.6 is 0 Å². The van der Waals surface area contributed by atoms with E-state index in [9.17, 15) is 13.2 Å². The van der Waals surface area contributed by atoms with Gasteiger partial charge in [0.25, 0.3) is 0 Å². The van der Waals surface area contributed by atoms with Crippen molar-refractivity contribution in [2.24, 2.45) is 4.99 Å². The molecule has 1 aliphatic heterocycles. The number of aliphatic imine (C=N–C) groups is 1. The number of alkyl halides is 3. The maximum atomic E-state index is 11.8. The van der Waals surface area contributed by atoms with Crippen molar-refractivity contribution in [3.8, 4) is 0 Å². The number of hydrogen-bond acceptors (Lipinski definition) is 2. The highest BCUT2D eigenvalue weighted by Crippen LogP contribution is 2.26. The third-order valence-corrected chi connectivity index (χ3v) is 1.38. The Hall–Kier alpha value is -0.740. The van der Waals surface area contributed by atoms with Gasteiger partial charge in [-0.05, 0) is 6.92 Å².